The predicted octanol–water partition coefficient (Wildman–Crippen LogP) is 4.72. The van der Waals surface area contributed by atoms with E-state index in [0.717, 1.165) is 63.1 Å². The number of aliphatic imine (C=N–C) groups is 1. The van der Waals surface area contributed by atoms with Gasteiger partial charge in [0.25, 0.3) is 0 Å². The van der Waals surface area contributed by atoms with Crippen molar-refractivity contribution in [3.05, 3.63) is 34.9 Å². The molecule has 1 N–H and O–H groups in total. The fraction of sp³-hybridized carbons (Fsp3) is 0.682. The first-order valence-electron chi connectivity index (χ1n) is 10.4. The fourth-order valence-electron chi connectivity index (χ4n) is 3.39. The fourth-order valence-corrected chi connectivity index (χ4v) is 3.58. The Bertz CT molecular complexity index is 620. The highest BCUT2D eigenvalue weighted by Gasteiger charge is 2.24. The summed E-state index contributed by atoms with van der Waals surface area (Å²) >= 11 is 6.18. The average molecular weight is 538 g/mol. The Kier molecular flexibility index (Phi) is 12.5. The van der Waals surface area contributed by atoms with Crippen molar-refractivity contribution in [2.45, 2.75) is 51.6 Å². The van der Waals surface area contributed by atoms with Crippen molar-refractivity contribution in [3.63, 3.8) is 0 Å². The van der Waals surface area contributed by atoms with Crippen molar-refractivity contribution in [3.8, 4) is 0 Å². The van der Waals surface area contributed by atoms with Crippen LogP contribution in [0.3, 0.4) is 0 Å². The zero-order chi connectivity index (χ0) is 20.4. The number of likely N-dealkylation sites (tertiary alicyclic amines) is 1. The molecule has 1 heterocycles. The third-order valence-corrected chi connectivity index (χ3v) is 5.39. The normalized spacial score (nSPS) is 15.9. The van der Waals surface area contributed by atoms with Gasteiger partial charge in [-0.3, -0.25) is 4.99 Å². The number of nitrogens with one attached hydrogen (secondary N) is 1. The van der Waals surface area contributed by atoms with Gasteiger partial charge in [-0.25, -0.2) is 0 Å². The van der Waals surface area contributed by atoms with Crippen molar-refractivity contribution in [2.24, 2.45) is 4.99 Å². The number of ether oxygens (including phenoxy) is 2. The van der Waals surface area contributed by atoms with Gasteiger partial charge in [-0.1, -0.05) is 37.6 Å². The molecule has 29 heavy (non-hydrogen) atoms. The summed E-state index contributed by atoms with van der Waals surface area (Å²) in [5.41, 5.74) is 1.14. The molecule has 1 aromatic rings. The van der Waals surface area contributed by atoms with Crippen LogP contribution >= 0.6 is 35.6 Å². The van der Waals surface area contributed by atoms with Crippen LogP contribution < -0.4 is 5.32 Å². The van der Waals surface area contributed by atoms with Gasteiger partial charge in [-0.15, -0.1) is 24.0 Å². The highest BCUT2D eigenvalue weighted by molar-refractivity contribution is 14.0. The minimum Gasteiger partial charge on any atom is -0.385 e. The van der Waals surface area contributed by atoms with Crippen molar-refractivity contribution >= 4 is 41.5 Å². The summed E-state index contributed by atoms with van der Waals surface area (Å²) in [5, 5.41) is 4.23. The van der Waals surface area contributed by atoms with Gasteiger partial charge >= 0.3 is 0 Å². The van der Waals surface area contributed by atoms with Crippen LogP contribution in [0, 0.1) is 0 Å². The molecular formula is C22H37ClIN3O2. The lowest BCUT2D eigenvalue weighted by Crippen LogP contribution is -2.47. The van der Waals surface area contributed by atoms with Gasteiger partial charge in [-0.2, -0.15) is 0 Å². The van der Waals surface area contributed by atoms with Crippen LogP contribution in [-0.2, 0) is 14.9 Å². The molecule has 2 rings (SSSR count). The first-order valence-corrected chi connectivity index (χ1v) is 10.7. The van der Waals surface area contributed by atoms with E-state index in [-0.39, 0.29) is 29.4 Å². The van der Waals surface area contributed by atoms with Gasteiger partial charge in [0.2, 0.25) is 0 Å². The quantitative estimate of drug-likeness (QED) is 0.214. The van der Waals surface area contributed by atoms with Crippen LogP contribution in [0.5, 0.6) is 0 Å². The molecule has 1 saturated heterocycles. The maximum Gasteiger partial charge on any atom is 0.193 e. The number of hydrogen-bond acceptors (Lipinski definition) is 3. The van der Waals surface area contributed by atoms with Crippen LogP contribution in [0.4, 0.5) is 0 Å². The summed E-state index contributed by atoms with van der Waals surface area (Å²) in [6, 6.07) is 8.08. The zero-order valence-electron chi connectivity index (χ0n) is 18.2. The summed E-state index contributed by atoms with van der Waals surface area (Å²) in [4.78, 5) is 7.31. The van der Waals surface area contributed by atoms with Gasteiger partial charge in [0.15, 0.2) is 5.96 Å². The van der Waals surface area contributed by atoms with E-state index in [4.69, 9.17) is 26.1 Å². The molecule has 1 aliphatic rings. The van der Waals surface area contributed by atoms with Crippen LogP contribution in [0.15, 0.2) is 29.3 Å². The number of rotatable bonds is 9. The number of nitrogens with zero attached hydrogens (tertiary/aromatic N) is 2. The van der Waals surface area contributed by atoms with Gasteiger partial charge in [0.1, 0.15) is 0 Å². The standard InChI is InChI=1S/C22H36ClN3O2.HI/c1-5-24-21(25-17-22(2,3)18-8-6-9-19(23)16-18)26-12-10-20(11-13-26)28-15-7-14-27-4;/h6,8-9,16,20H,5,7,10-15,17H2,1-4H3,(H,24,25);1H. The Morgan fingerprint density at radius 1 is 1.28 bits per heavy atom. The van der Waals surface area contributed by atoms with Crippen molar-refractivity contribution in [1.82, 2.24) is 10.2 Å². The number of guanidine groups is 1. The predicted molar refractivity (Wildman–Crippen MR) is 133 cm³/mol. The van der Waals surface area contributed by atoms with Gasteiger partial charge < -0.3 is 19.7 Å². The average Bonchev–Trinajstić information content (AvgIpc) is 2.69. The third kappa shape index (κ3) is 8.99. The molecule has 0 amide bonds. The molecule has 0 saturated carbocycles. The van der Waals surface area contributed by atoms with E-state index >= 15 is 0 Å². The van der Waals surface area contributed by atoms with Crippen molar-refractivity contribution < 1.29 is 9.47 Å². The summed E-state index contributed by atoms with van der Waals surface area (Å²) < 4.78 is 11.1. The lowest BCUT2D eigenvalue weighted by atomic mass is 9.85. The molecule has 0 bridgehead atoms. The van der Waals surface area contributed by atoms with Crippen LogP contribution in [-0.4, -0.2) is 63.5 Å². The minimum atomic E-state index is -0.0750. The molecule has 166 valence electrons. The smallest absolute Gasteiger partial charge is 0.193 e. The van der Waals surface area contributed by atoms with E-state index in [1.54, 1.807) is 7.11 Å². The number of halogens is 2. The maximum absolute atomic E-state index is 6.18. The Hall–Kier alpha value is -0.570. The second-order valence-electron chi connectivity index (χ2n) is 7.97. The molecule has 0 unspecified atom stereocenters. The molecule has 0 radical (unpaired) electrons. The Morgan fingerprint density at radius 2 is 2.00 bits per heavy atom. The monoisotopic (exact) mass is 537 g/mol. The summed E-state index contributed by atoms with van der Waals surface area (Å²) in [7, 11) is 1.73. The second-order valence-corrected chi connectivity index (χ2v) is 8.40. The highest BCUT2D eigenvalue weighted by Crippen LogP contribution is 2.26. The van der Waals surface area contributed by atoms with E-state index < -0.39 is 0 Å². The number of hydrogen-bond donors (Lipinski definition) is 1. The SMILES string of the molecule is CCNC(=NCC(C)(C)c1cccc(Cl)c1)N1CCC(OCCCOC)CC1.I. The van der Waals surface area contributed by atoms with Crippen LogP contribution in [0.1, 0.15) is 45.6 Å². The number of methoxy groups -OCH3 is 1. The molecule has 0 aliphatic carbocycles. The largest absolute Gasteiger partial charge is 0.385 e. The van der Waals surface area contributed by atoms with E-state index in [1.807, 2.05) is 18.2 Å². The highest BCUT2D eigenvalue weighted by atomic mass is 127. The summed E-state index contributed by atoms with van der Waals surface area (Å²) in [5.74, 6) is 0.996. The molecule has 1 aromatic carbocycles. The van der Waals surface area contributed by atoms with E-state index in [1.165, 1.54) is 5.56 Å². The lowest BCUT2D eigenvalue weighted by Gasteiger charge is -2.35. The third-order valence-electron chi connectivity index (χ3n) is 5.15. The Morgan fingerprint density at radius 3 is 2.62 bits per heavy atom. The van der Waals surface area contributed by atoms with Crippen LogP contribution in [0.2, 0.25) is 5.02 Å². The van der Waals surface area contributed by atoms with Crippen molar-refractivity contribution in [1.29, 1.82) is 0 Å². The van der Waals surface area contributed by atoms with Gasteiger partial charge in [0.05, 0.1) is 12.6 Å². The lowest BCUT2D eigenvalue weighted by molar-refractivity contribution is 0.00989. The van der Waals surface area contributed by atoms with Crippen LogP contribution in [0.25, 0.3) is 0 Å². The van der Waals surface area contributed by atoms with Gasteiger partial charge in [-0.05, 0) is 43.9 Å². The second kappa shape index (κ2) is 13.7. The first-order chi connectivity index (χ1) is 13.5. The summed E-state index contributed by atoms with van der Waals surface area (Å²) in [6.07, 6.45) is 3.38. The first kappa shape index (κ1) is 26.5. The molecule has 1 aliphatic heterocycles. The molecule has 5 nitrogen and oxygen atoms in total. The molecular weight excluding hydrogens is 501 g/mol. The summed E-state index contributed by atoms with van der Waals surface area (Å²) in [6.45, 7) is 11.6. The Balaban J connectivity index is 0.00000420. The molecule has 1 fully saturated rings. The van der Waals surface area contributed by atoms with Crippen molar-refractivity contribution in [2.75, 3.05) is 46.5 Å². The topological polar surface area (TPSA) is 46.1 Å². The minimum absolute atomic E-state index is 0. The number of benzene rings is 1. The van der Waals surface area contributed by atoms with E-state index in [2.05, 4.69) is 37.1 Å². The maximum atomic E-state index is 6.18. The van der Waals surface area contributed by atoms with Gasteiger partial charge in [0, 0.05) is 50.4 Å². The molecule has 7 heteroatoms. The zero-order valence-corrected chi connectivity index (χ0v) is 21.3. The molecule has 0 spiro atoms. The molecule has 0 atom stereocenters. The molecule has 0 aromatic heterocycles. The van der Waals surface area contributed by atoms with E-state index in [0.29, 0.717) is 12.6 Å². The van der Waals surface area contributed by atoms with E-state index in [9.17, 15) is 0 Å². The number of piperidine rings is 1. The Labute approximate surface area is 198 Å².